The van der Waals surface area contributed by atoms with Crippen molar-refractivity contribution in [3.63, 3.8) is 0 Å². The molecule has 0 fully saturated rings. The van der Waals surface area contributed by atoms with Crippen molar-refractivity contribution in [2.45, 2.75) is 102 Å². The fourth-order valence-electron chi connectivity index (χ4n) is 17.1. The number of rotatable bonds is 8. The van der Waals surface area contributed by atoms with Gasteiger partial charge in [-0.25, -0.2) is 0 Å². The summed E-state index contributed by atoms with van der Waals surface area (Å²) in [5.41, 5.74) is 33.0. The SMILES string of the molecule is CC(C)(C)c1ccc(N(c2ccc(-c3ccccc3)cc2)c2ccc3c(c2)N(c2ccc(-c4ccccc4)cc2)B2c4cccc5c4N(c4cc6c(cc4C5(c4ccccc4)c4ccccc4)C(C)(C)CCC6(C)C)c4c2c-3cc2c4C(C)(C)c3ccccc3-2)cc1. The monoisotopic (exact) mass is 1190 g/mol. The van der Waals surface area contributed by atoms with E-state index in [0.29, 0.717) is 0 Å². The molecule has 3 heterocycles. The fraction of sp³-hybridized carbons (Fsp3) is 0.182. The van der Waals surface area contributed by atoms with Gasteiger partial charge >= 0.3 is 6.85 Å². The average molecular weight is 1190 g/mol. The topological polar surface area (TPSA) is 9.72 Å². The molecule has 3 aliphatic heterocycles. The van der Waals surface area contributed by atoms with Crippen LogP contribution < -0.4 is 25.5 Å². The Labute approximate surface area is 544 Å². The molecular weight excluding hydrogens is 1110 g/mol. The maximum Gasteiger partial charge on any atom is 0.333 e. The molecule has 0 aromatic heterocycles. The minimum Gasteiger partial charge on any atom is -0.376 e. The highest BCUT2D eigenvalue weighted by atomic mass is 15.2. The second kappa shape index (κ2) is 20.3. The lowest BCUT2D eigenvalue weighted by Crippen LogP contribution is -2.63. The van der Waals surface area contributed by atoms with Crippen molar-refractivity contribution in [2.75, 3.05) is 14.6 Å². The Morgan fingerprint density at radius 3 is 1.49 bits per heavy atom. The van der Waals surface area contributed by atoms with E-state index in [2.05, 4.69) is 350 Å². The summed E-state index contributed by atoms with van der Waals surface area (Å²) in [6, 6.07) is 105. The molecule has 0 spiro atoms. The Kier molecular flexibility index (Phi) is 12.4. The van der Waals surface area contributed by atoms with Gasteiger partial charge in [0, 0.05) is 50.8 Å². The highest BCUT2D eigenvalue weighted by molar-refractivity contribution is 6.93. The van der Waals surface area contributed by atoms with Gasteiger partial charge in [-0.2, -0.15) is 0 Å². The van der Waals surface area contributed by atoms with E-state index in [1.165, 1.54) is 128 Å². The van der Waals surface area contributed by atoms with Crippen LogP contribution in [0.5, 0.6) is 0 Å². The van der Waals surface area contributed by atoms with Crippen LogP contribution in [0, 0.1) is 0 Å². The summed E-state index contributed by atoms with van der Waals surface area (Å²) in [5.74, 6) is 0. The van der Waals surface area contributed by atoms with E-state index in [9.17, 15) is 0 Å². The van der Waals surface area contributed by atoms with Gasteiger partial charge in [-0.05, 0) is 190 Å². The van der Waals surface area contributed by atoms with E-state index in [-0.39, 0.29) is 28.5 Å². The van der Waals surface area contributed by atoms with Gasteiger partial charge in [0.05, 0.1) is 11.1 Å². The first-order valence-corrected chi connectivity index (χ1v) is 33.2. The van der Waals surface area contributed by atoms with Gasteiger partial charge in [0.25, 0.3) is 0 Å². The molecule has 17 rings (SSSR count). The molecule has 0 saturated carbocycles. The van der Waals surface area contributed by atoms with Crippen molar-refractivity contribution in [3.05, 3.63) is 323 Å². The molecule has 446 valence electrons. The molecule has 2 aliphatic carbocycles. The molecule has 0 saturated heterocycles. The number of anilines is 8. The van der Waals surface area contributed by atoms with Gasteiger partial charge in [-0.15, -0.1) is 0 Å². The number of nitrogens with zero attached hydrogens (tertiary/aromatic N) is 3. The maximum absolute atomic E-state index is 2.84. The Balaban J connectivity index is 1.01. The van der Waals surface area contributed by atoms with Gasteiger partial charge in [0.1, 0.15) is 0 Å². The molecule has 0 amide bonds. The minimum absolute atomic E-state index is 0.00569. The zero-order valence-electron chi connectivity index (χ0n) is 54.3. The summed E-state index contributed by atoms with van der Waals surface area (Å²) in [5, 5.41) is 0. The molecule has 12 aromatic rings. The molecule has 5 aliphatic rings. The smallest absolute Gasteiger partial charge is 0.333 e. The normalized spacial score (nSPS) is 16.1. The summed E-state index contributed by atoms with van der Waals surface area (Å²) in [6.45, 7) is 21.6. The number of fused-ring (bicyclic) bond motifs is 11. The second-order valence-electron chi connectivity index (χ2n) is 29.5. The van der Waals surface area contributed by atoms with Crippen molar-refractivity contribution in [3.8, 4) is 44.5 Å². The first-order chi connectivity index (χ1) is 44.5. The van der Waals surface area contributed by atoms with Crippen LogP contribution in [-0.2, 0) is 27.1 Å². The van der Waals surface area contributed by atoms with Gasteiger partial charge in [0.15, 0.2) is 0 Å². The summed E-state index contributed by atoms with van der Waals surface area (Å²) < 4.78 is 0. The van der Waals surface area contributed by atoms with E-state index in [1.54, 1.807) is 0 Å². The number of hydrogen-bond acceptors (Lipinski definition) is 3. The van der Waals surface area contributed by atoms with Crippen molar-refractivity contribution in [1.82, 2.24) is 0 Å². The minimum atomic E-state index is -0.704. The lowest BCUT2D eigenvalue weighted by Gasteiger charge is -2.54. The van der Waals surface area contributed by atoms with E-state index in [4.69, 9.17) is 0 Å². The number of hydrogen-bond donors (Lipinski definition) is 0. The van der Waals surface area contributed by atoms with Crippen LogP contribution in [0.4, 0.5) is 45.5 Å². The predicted molar refractivity (Wildman–Crippen MR) is 389 cm³/mol. The Bertz CT molecular complexity index is 4870. The van der Waals surface area contributed by atoms with Crippen molar-refractivity contribution < 1.29 is 0 Å². The Morgan fingerprint density at radius 1 is 0.380 bits per heavy atom. The van der Waals surface area contributed by atoms with Crippen molar-refractivity contribution in [2.24, 2.45) is 0 Å². The van der Waals surface area contributed by atoms with Gasteiger partial charge in [-0.1, -0.05) is 275 Å². The molecule has 0 atom stereocenters. The summed E-state index contributed by atoms with van der Waals surface area (Å²) in [7, 11) is 0. The zero-order valence-corrected chi connectivity index (χ0v) is 54.3. The summed E-state index contributed by atoms with van der Waals surface area (Å²) in [6.07, 6.45) is 2.24. The van der Waals surface area contributed by atoms with Crippen molar-refractivity contribution in [1.29, 1.82) is 0 Å². The first kappa shape index (κ1) is 56.1. The maximum atomic E-state index is 2.84. The third kappa shape index (κ3) is 8.21. The fourth-order valence-corrected chi connectivity index (χ4v) is 17.1. The quantitative estimate of drug-likeness (QED) is 0.140. The van der Waals surface area contributed by atoms with Gasteiger partial charge in [0.2, 0.25) is 0 Å². The van der Waals surface area contributed by atoms with E-state index in [1.807, 2.05) is 0 Å². The van der Waals surface area contributed by atoms with Crippen LogP contribution in [0.25, 0.3) is 44.5 Å². The average Bonchev–Trinajstić information content (AvgIpc) is 0.984. The molecule has 3 nitrogen and oxygen atoms in total. The largest absolute Gasteiger partial charge is 0.376 e. The van der Waals surface area contributed by atoms with Gasteiger partial charge in [-0.3, -0.25) is 0 Å². The number of benzene rings is 12. The Morgan fingerprint density at radius 2 is 0.891 bits per heavy atom. The van der Waals surface area contributed by atoms with Crippen LogP contribution in [0.15, 0.2) is 273 Å². The van der Waals surface area contributed by atoms with E-state index in [0.717, 1.165) is 35.6 Å². The molecule has 0 unspecified atom stereocenters. The standard InChI is InChI=1S/C88H76BN3/c1-84(2,3)61-41-47-65(48-42-61)90(64-43-37-59(38-44-64)57-25-14-10-15-26-57)67-49-50-69-71-54-70-68-33-22-23-34-72(68)87(8,9)80(70)83-81(71)89(92(78(69)53-67)66-45-39-60(40-46-66)58-27-16-11-17-28-58)77-36-24-35-73-82(77)91(83)79-56-75-74(85(4,5)51-52-86(75,6)7)55-76(79)88(73,62-29-18-12-19-30-62)63-31-20-13-21-32-63/h10-50,53-56H,51-52H2,1-9H3. The summed E-state index contributed by atoms with van der Waals surface area (Å²) >= 11 is 0. The van der Waals surface area contributed by atoms with Crippen molar-refractivity contribution >= 4 is 63.3 Å². The first-order valence-electron chi connectivity index (χ1n) is 33.2. The third-order valence-corrected chi connectivity index (χ3v) is 21.9. The molecule has 4 heteroatoms. The van der Waals surface area contributed by atoms with E-state index < -0.39 is 5.41 Å². The zero-order chi connectivity index (χ0) is 62.6. The predicted octanol–water partition coefficient (Wildman–Crippen LogP) is 21.8. The van der Waals surface area contributed by atoms with E-state index >= 15 is 0 Å². The van der Waals surface area contributed by atoms with Crippen LogP contribution in [0.1, 0.15) is 125 Å². The van der Waals surface area contributed by atoms with Crippen LogP contribution in [0.3, 0.4) is 0 Å². The highest BCUT2D eigenvalue weighted by Crippen LogP contribution is 2.65. The lowest BCUT2D eigenvalue weighted by atomic mass is 9.41. The highest BCUT2D eigenvalue weighted by Gasteiger charge is 2.56. The molecule has 92 heavy (non-hydrogen) atoms. The second-order valence-corrected chi connectivity index (χ2v) is 29.5. The molecule has 0 bridgehead atoms. The molecular formula is C88H76BN3. The lowest BCUT2D eigenvalue weighted by molar-refractivity contribution is 0.331. The van der Waals surface area contributed by atoms with Crippen LogP contribution >= 0.6 is 0 Å². The Hall–Kier alpha value is -9.90. The van der Waals surface area contributed by atoms with Crippen LogP contribution in [-0.4, -0.2) is 6.85 Å². The third-order valence-electron chi connectivity index (χ3n) is 21.9. The molecule has 12 aromatic carbocycles. The summed E-state index contributed by atoms with van der Waals surface area (Å²) in [4.78, 5) is 8.05. The molecule has 0 radical (unpaired) electrons. The van der Waals surface area contributed by atoms with Gasteiger partial charge < -0.3 is 14.6 Å². The number of para-hydroxylation sites is 1. The van der Waals surface area contributed by atoms with Crippen LogP contribution in [0.2, 0.25) is 0 Å². The molecule has 0 N–H and O–H groups in total.